The van der Waals surface area contributed by atoms with Gasteiger partial charge in [-0.25, -0.2) is 4.98 Å². The van der Waals surface area contributed by atoms with Crippen LogP contribution < -0.4 is 5.32 Å². The van der Waals surface area contributed by atoms with Crippen molar-refractivity contribution in [2.45, 2.75) is 0 Å². The Morgan fingerprint density at radius 2 is 1.86 bits per heavy atom. The predicted molar refractivity (Wildman–Crippen MR) is 114 cm³/mol. The topological polar surface area (TPSA) is 66.5 Å². The predicted octanol–water partition coefficient (Wildman–Crippen LogP) is 5.26. The summed E-state index contributed by atoms with van der Waals surface area (Å²) in [7, 11) is 0. The fourth-order valence-electron chi connectivity index (χ4n) is 3.33. The number of aromatic nitrogens is 4. The summed E-state index contributed by atoms with van der Waals surface area (Å²) >= 11 is 0. The van der Waals surface area contributed by atoms with Crippen molar-refractivity contribution in [2.24, 2.45) is 0 Å². The molecule has 0 fully saturated rings. The van der Waals surface area contributed by atoms with Gasteiger partial charge in [0.25, 0.3) is 0 Å². The molecule has 5 rings (SSSR count). The van der Waals surface area contributed by atoms with Gasteiger partial charge in [0.05, 0.1) is 16.9 Å². The van der Waals surface area contributed by atoms with Crippen LogP contribution in [0.1, 0.15) is 5.69 Å². The highest BCUT2D eigenvalue weighted by molar-refractivity contribution is 5.97. The summed E-state index contributed by atoms with van der Waals surface area (Å²) in [6.07, 6.45) is 7.29. The van der Waals surface area contributed by atoms with E-state index in [0.29, 0.717) is 0 Å². The Morgan fingerprint density at radius 3 is 2.75 bits per heavy atom. The maximum absolute atomic E-state index is 4.73. The van der Waals surface area contributed by atoms with Crippen LogP contribution in [0.15, 0.2) is 86.0 Å². The minimum Gasteiger partial charge on any atom is -0.354 e. The number of pyridine rings is 3. The van der Waals surface area contributed by atoms with E-state index in [1.807, 2.05) is 42.7 Å². The first-order chi connectivity index (χ1) is 13.8. The number of anilines is 1. The van der Waals surface area contributed by atoms with Gasteiger partial charge >= 0.3 is 0 Å². The van der Waals surface area contributed by atoms with Crippen LogP contribution in [0.5, 0.6) is 0 Å². The van der Waals surface area contributed by atoms with Crippen molar-refractivity contribution in [1.29, 1.82) is 0 Å². The average molecular weight is 363 g/mol. The van der Waals surface area contributed by atoms with E-state index in [4.69, 9.17) is 4.98 Å². The minimum absolute atomic E-state index is 0.737. The summed E-state index contributed by atoms with van der Waals surface area (Å²) in [5, 5.41) is 5.46. The third-order valence-electron chi connectivity index (χ3n) is 4.74. The smallest absolute Gasteiger partial charge is 0.138 e. The standard InChI is InChI=1S/C23H17N5/c1-15(27-18-8-11-24-12-9-18)21-7-5-19-20(14-26-23(19)28-21)16-4-6-22-17(13-16)3-2-10-25-22/h2-14H,1H2,(H,24,27)(H,26,28). The Labute approximate surface area is 161 Å². The molecule has 5 aromatic rings. The monoisotopic (exact) mass is 363 g/mol. The van der Waals surface area contributed by atoms with Crippen LogP contribution >= 0.6 is 0 Å². The van der Waals surface area contributed by atoms with E-state index in [0.717, 1.165) is 50.1 Å². The van der Waals surface area contributed by atoms with Crippen LogP contribution in [0.4, 0.5) is 5.69 Å². The van der Waals surface area contributed by atoms with Gasteiger partial charge in [-0.2, -0.15) is 0 Å². The Morgan fingerprint density at radius 1 is 0.964 bits per heavy atom. The van der Waals surface area contributed by atoms with Crippen molar-refractivity contribution in [1.82, 2.24) is 19.9 Å². The van der Waals surface area contributed by atoms with Crippen LogP contribution in [0.2, 0.25) is 0 Å². The fourth-order valence-corrected chi connectivity index (χ4v) is 3.33. The highest BCUT2D eigenvalue weighted by atomic mass is 14.9. The number of nitrogens with zero attached hydrogens (tertiary/aromatic N) is 3. The quantitative estimate of drug-likeness (QED) is 0.457. The van der Waals surface area contributed by atoms with Gasteiger partial charge in [-0.3, -0.25) is 9.97 Å². The van der Waals surface area contributed by atoms with E-state index in [1.54, 1.807) is 12.4 Å². The third kappa shape index (κ3) is 2.89. The number of benzene rings is 1. The molecule has 28 heavy (non-hydrogen) atoms. The van der Waals surface area contributed by atoms with Crippen molar-refractivity contribution < 1.29 is 0 Å². The first kappa shape index (κ1) is 16.2. The SMILES string of the molecule is C=C(Nc1ccncc1)c1ccc2c(-c3ccc4ncccc4c3)c[nH]c2n1. The lowest BCUT2D eigenvalue weighted by atomic mass is 10.0. The lowest BCUT2D eigenvalue weighted by Gasteiger charge is -2.09. The second-order valence-corrected chi connectivity index (χ2v) is 6.55. The number of aromatic amines is 1. The van der Waals surface area contributed by atoms with E-state index in [1.165, 1.54) is 0 Å². The summed E-state index contributed by atoms with van der Waals surface area (Å²) in [6, 6.07) is 18.2. The molecule has 1 aromatic carbocycles. The molecule has 0 atom stereocenters. The average Bonchev–Trinajstić information content (AvgIpc) is 3.17. The molecule has 4 heterocycles. The summed E-state index contributed by atoms with van der Waals surface area (Å²) in [5.41, 5.74) is 6.53. The molecule has 4 aromatic heterocycles. The second-order valence-electron chi connectivity index (χ2n) is 6.55. The molecule has 0 aliphatic heterocycles. The molecule has 0 aliphatic carbocycles. The third-order valence-corrected chi connectivity index (χ3v) is 4.74. The molecule has 0 amide bonds. The number of nitrogens with one attached hydrogen (secondary N) is 2. The Balaban J connectivity index is 1.50. The molecular formula is C23H17N5. The molecule has 0 bridgehead atoms. The highest BCUT2D eigenvalue weighted by Gasteiger charge is 2.10. The van der Waals surface area contributed by atoms with Crippen molar-refractivity contribution >= 4 is 33.3 Å². The normalized spacial score (nSPS) is 11.0. The van der Waals surface area contributed by atoms with Gasteiger partial charge in [0, 0.05) is 46.8 Å². The largest absolute Gasteiger partial charge is 0.354 e. The number of fused-ring (bicyclic) bond motifs is 2. The molecule has 134 valence electrons. The molecule has 5 heteroatoms. The summed E-state index contributed by atoms with van der Waals surface area (Å²) < 4.78 is 0. The van der Waals surface area contributed by atoms with Crippen LogP contribution in [0, 0.1) is 0 Å². The summed E-state index contributed by atoms with van der Waals surface area (Å²) in [5.74, 6) is 0. The summed E-state index contributed by atoms with van der Waals surface area (Å²) in [6.45, 7) is 4.11. The van der Waals surface area contributed by atoms with Crippen molar-refractivity contribution in [3.63, 3.8) is 0 Å². The number of H-pyrrole nitrogens is 1. The Kier molecular flexibility index (Phi) is 3.84. The molecule has 0 spiro atoms. The lowest BCUT2D eigenvalue weighted by molar-refractivity contribution is 1.28. The van der Waals surface area contributed by atoms with Gasteiger partial charge in [0.1, 0.15) is 5.65 Å². The van der Waals surface area contributed by atoms with Gasteiger partial charge in [0.15, 0.2) is 0 Å². The van der Waals surface area contributed by atoms with Gasteiger partial charge in [-0.1, -0.05) is 18.7 Å². The van der Waals surface area contributed by atoms with Crippen molar-refractivity contribution in [2.75, 3.05) is 5.32 Å². The number of rotatable bonds is 4. The molecule has 5 nitrogen and oxygen atoms in total. The first-order valence-corrected chi connectivity index (χ1v) is 8.97. The molecule has 0 saturated heterocycles. The zero-order valence-corrected chi connectivity index (χ0v) is 15.1. The van der Waals surface area contributed by atoms with E-state index in [-0.39, 0.29) is 0 Å². The van der Waals surface area contributed by atoms with Gasteiger partial charge in [-0.05, 0) is 48.0 Å². The van der Waals surface area contributed by atoms with Gasteiger partial charge in [-0.15, -0.1) is 0 Å². The Bertz CT molecular complexity index is 1300. The molecule has 0 unspecified atom stereocenters. The minimum atomic E-state index is 0.737. The first-order valence-electron chi connectivity index (χ1n) is 8.97. The molecule has 0 radical (unpaired) electrons. The zero-order chi connectivity index (χ0) is 18.9. The van der Waals surface area contributed by atoms with Crippen LogP contribution in [-0.4, -0.2) is 19.9 Å². The van der Waals surface area contributed by atoms with E-state index < -0.39 is 0 Å². The number of hydrogen-bond acceptors (Lipinski definition) is 4. The maximum Gasteiger partial charge on any atom is 0.138 e. The molecular weight excluding hydrogens is 346 g/mol. The lowest BCUT2D eigenvalue weighted by Crippen LogP contribution is -1.99. The van der Waals surface area contributed by atoms with Crippen LogP contribution in [0.25, 0.3) is 38.8 Å². The van der Waals surface area contributed by atoms with Crippen molar-refractivity contribution in [3.05, 3.63) is 91.7 Å². The highest BCUT2D eigenvalue weighted by Crippen LogP contribution is 2.30. The summed E-state index contributed by atoms with van der Waals surface area (Å²) in [4.78, 5) is 16.4. The van der Waals surface area contributed by atoms with E-state index >= 15 is 0 Å². The van der Waals surface area contributed by atoms with E-state index in [9.17, 15) is 0 Å². The fraction of sp³-hybridized carbons (Fsp3) is 0. The van der Waals surface area contributed by atoms with Crippen LogP contribution in [0.3, 0.4) is 0 Å². The molecule has 2 N–H and O–H groups in total. The second kappa shape index (κ2) is 6.63. The van der Waals surface area contributed by atoms with Gasteiger partial charge < -0.3 is 10.3 Å². The zero-order valence-electron chi connectivity index (χ0n) is 15.1. The molecule has 0 saturated carbocycles. The van der Waals surface area contributed by atoms with Crippen LogP contribution in [-0.2, 0) is 0 Å². The number of hydrogen-bond donors (Lipinski definition) is 2. The van der Waals surface area contributed by atoms with E-state index in [2.05, 4.69) is 51.1 Å². The maximum atomic E-state index is 4.73. The van der Waals surface area contributed by atoms with Gasteiger partial charge in [0.2, 0.25) is 0 Å². The Hall–Kier alpha value is -3.99. The van der Waals surface area contributed by atoms with Crippen molar-refractivity contribution in [3.8, 4) is 11.1 Å². The molecule has 0 aliphatic rings.